The van der Waals surface area contributed by atoms with Crippen molar-refractivity contribution in [3.05, 3.63) is 169 Å². The number of nitro groups is 12. The maximum absolute atomic E-state index is 13.9. The van der Waals surface area contributed by atoms with Gasteiger partial charge in [0.2, 0.25) is 0 Å². The second-order valence-corrected chi connectivity index (χ2v) is 10.7. The average Bonchev–Trinajstić information content (AvgIpc) is 3.86. The van der Waals surface area contributed by atoms with Gasteiger partial charge in [0.1, 0.15) is 24.8 Å². The normalized spacial score (nSPS) is 26.6. The molecule has 0 saturated heterocycles. The Hall–Kier alpha value is -8.78. The molecule has 0 amide bonds. The molecule has 4 heterocycles. The average molecular weight is 850 g/mol. The van der Waals surface area contributed by atoms with Gasteiger partial charge >= 0.3 is 80.7 Å². The van der Waals surface area contributed by atoms with Gasteiger partial charge in [-0.1, -0.05) is 0 Å². The third kappa shape index (κ3) is 4.41. The van der Waals surface area contributed by atoms with Crippen molar-refractivity contribution >= 4 is 6.15 Å². The van der Waals surface area contributed by atoms with E-state index in [1.165, 1.54) is 0 Å². The first kappa shape index (κ1) is 43.6. The van der Waals surface area contributed by atoms with Gasteiger partial charge in [-0.05, 0) is 0 Å². The Morgan fingerprint density at radius 1 is 0.362 bits per heavy atom. The van der Waals surface area contributed by atoms with Gasteiger partial charge in [-0.2, -0.15) is 0 Å². The van der Waals surface area contributed by atoms with Crippen LogP contribution in [0.4, 0.5) is 0 Å². The first-order chi connectivity index (χ1) is 26.3. The molecule has 4 atom stereocenters. The predicted molar refractivity (Wildman–Crippen MR) is 153 cm³/mol. The number of nitrogens with one attached hydrogen (secondary N) is 4. The SMILES string of the molecule is O=[N+]([O-])C1=CNN([N+](=O)[O-])C1([N+](=O)[O-])[B-](C1([N+](=O)[O-])C([N+](=O)[O-])=CNN1[N+](=O)[O-])(C1([N+](=O)[O-])C([N+](=O)[O-])=CNN1[N+](=O)[O-])C1([N+](=O)[O-])C([N+](=O)[O-])=CNN1[N+](=O)[O-].[Na+]. The topological polar surface area (TPSA) is 579 Å². The molecule has 4 aliphatic rings. The van der Waals surface area contributed by atoms with Crippen LogP contribution in [0.2, 0.25) is 0 Å². The summed E-state index contributed by atoms with van der Waals surface area (Å²) < 4.78 is 0. The van der Waals surface area contributed by atoms with Crippen molar-refractivity contribution in [2.45, 2.75) is 22.2 Å². The number of hydrogen-bond acceptors (Lipinski definition) is 28. The molecule has 4 N–H and O–H groups in total. The van der Waals surface area contributed by atoms with Crippen LogP contribution >= 0.6 is 0 Å². The number of nitrogens with zero attached hydrogens (tertiary/aromatic N) is 16. The predicted octanol–water partition coefficient (Wildman–Crippen LogP) is -8.99. The van der Waals surface area contributed by atoms with Crippen LogP contribution in [0, 0.1) is 121 Å². The second-order valence-electron chi connectivity index (χ2n) is 10.7. The molecule has 4 aliphatic heterocycles. The van der Waals surface area contributed by atoms with E-state index in [0.717, 1.165) is 21.7 Å². The van der Waals surface area contributed by atoms with Gasteiger partial charge in [-0.15, -0.1) is 0 Å². The molecule has 0 aromatic rings. The van der Waals surface area contributed by atoms with Gasteiger partial charge in [0.05, 0.1) is 19.7 Å². The van der Waals surface area contributed by atoms with Crippen molar-refractivity contribution in [3.63, 3.8) is 0 Å². The van der Waals surface area contributed by atoms with Crippen LogP contribution < -0.4 is 51.3 Å². The molecule has 0 spiro atoms. The van der Waals surface area contributed by atoms with E-state index >= 15 is 0 Å². The van der Waals surface area contributed by atoms with E-state index in [-0.39, 0.29) is 29.6 Å². The van der Waals surface area contributed by atoms with E-state index in [2.05, 4.69) is 0 Å². The molecular weight excluding hydrogens is 842 g/mol. The first-order valence-electron chi connectivity index (χ1n) is 13.2. The molecule has 4 rings (SSSR count). The molecule has 0 aromatic heterocycles. The monoisotopic (exact) mass is 850 g/mol. The fourth-order valence-electron chi connectivity index (χ4n) is 7.80. The van der Waals surface area contributed by atoms with Crippen molar-refractivity contribution in [2.24, 2.45) is 0 Å². The summed E-state index contributed by atoms with van der Waals surface area (Å²) in [4.78, 5) is 136. The molecule has 0 saturated carbocycles. The van der Waals surface area contributed by atoms with Gasteiger partial charge in [0.15, 0.2) is 20.1 Å². The Kier molecular flexibility index (Phi) is 10.2. The van der Waals surface area contributed by atoms with E-state index in [1.54, 1.807) is 0 Å². The molecule has 58 heavy (non-hydrogen) atoms. The molecule has 4 unspecified atom stereocenters. The van der Waals surface area contributed by atoms with Crippen LogP contribution in [-0.4, -0.2) is 108 Å². The van der Waals surface area contributed by atoms with Crippen LogP contribution in [0.1, 0.15) is 0 Å². The molecule has 304 valence electrons. The van der Waals surface area contributed by atoms with Gasteiger partial charge in [0.25, 0.3) is 0 Å². The zero-order chi connectivity index (χ0) is 43.7. The van der Waals surface area contributed by atoms with Crippen LogP contribution in [0.3, 0.4) is 0 Å². The summed E-state index contributed by atoms with van der Waals surface area (Å²) in [5, 5.41) is 140. The summed E-state index contributed by atoms with van der Waals surface area (Å²) in [5.74, 6) is 0. The summed E-state index contributed by atoms with van der Waals surface area (Å²) in [6, 6.07) is 0. The van der Waals surface area contributed by atoms with Crippen molar-refractivity contribution in [2.75, 3.05) is 0 Å². The minimum Gasteiger partial charge on any atom is -0.265 e. The summed E-state index contributed by atoms with van der Waals surface area (Å²) >= 11 is 0. The minimum absolute atomic E-state index is 0. The molecule has 0 aromatic carbocycles. The van der Waals surface area contributed by atoms with Crippen LogP contribution in [0.5, 0.6) is 0 Å². The largest absolute Gasteiger partial charge is 1.00 e. The zero-order valence-electron chi connectivity index (χ0n) is 26.8. The molecule has 0 radical (unpaired) electrons. The number of hydrazine groups is 8. The second kappa shape index (κ2) is 13.5. The van der Waals surface area contributed by atoms with E-state index < -0.39 is 156 Å². The Labute approximate surface area is 328 Å². The Morgan fingerprint density at radius 2 is 0.517 bits per heavy atom. The Morgan fingerprint density at radius 3 is 0.621 bits per heavy atom. The molecule has 0 fully saturated rings. The van der Waals surface area contributed by atoms with E-state index in [0.29, 0.717) is 0 Å². The molecule has 0 aliphatic carbocycles. The van der Waals surface area contributed by atoms with E-state index in [4.69, 9.17) is 0 Å². The van der Waals surface area contributed by atoms with Gasteiger partial charge in [-0.3, -0.25) is 80.9 Å². The van der Waals surface area contributed by atoms with Crippen molar-refractivity contribution in [3.8, 4) is 0 Å². The summed E-state index contributed by atoms with van der Waals surface area (Å²) in [5.41, 5.74) is -34.3. The van der Waals surface area contributed by atoms with Crippen LogP contribution in [-0.2, 0) is 0 Å². The number of hydrogen-bond donors (Lipinski definition) is 4. The van der Waals surface area contributed by atoms with E-state index in [1.807, 2.05) is 0 Å². The fraction of sp³-hybridized carbons (Fsp3) is 0.333. The molecular formula is C12H8BN20NaO24. The minimum atomic E-state index is -8.40. The first-order valence-corrected chi connectivity index (χ1v) is 13.2. The van der Waals surface area contributed by atoms with Crippen LogP contribution in [0.15, 0.2) is 47.6 Å². The van der Waals surface area contributed by atoms with Gasteiger partial charge in [-0.25, -0.2) is 62.2 Å². The quantitative estimate of drug-likeness (QED) is 0.0636. The van der Waals surface area contributed by atoms with E-state index in [9.17, 15) is 121 Å². The standard InChI is InChI=1S/C12H8BN20O24.Na/c34-18(35)5-1-14-22(30(50)51)9(5,26(42)43)13(10(27(44)45)6(19(36)37)2-15-23(10)31(52)53,11(28(46)47)7(20(38)39)3-16-24(11)32(54)55)12(29(48)49)8(21(40)41)4-17-25(12)33(56)57;/h1-4,14-17H;/q-1;+1. The van der Waals surface area contributed by atoms with Crippen molar-refractivity contribution in [1.29, 1.82) is 0 Å². The van der Waals surface area contributed by atoms with Crippen LogP contribution in [0.25, 0.3) is 0 Å². The Bertz CT molecular complexity index is 1890. The van der Waals surface area contributed by atoms with Crippen molar-refractivity contribution in [1.82, 2.24) is 42.2 Å². The fourth-order valence-corrected chi connectivity index (χ4v) is 7.80. The zero-order valence-corrected chi connectivity index (χ0v) is 28.8. The maximum atomic E-state index is 13.9. The molecule has 44 nitrogen and oxygen atoms in total. The smallest absolute Gasteiger partial charge is 0.265 e. The molecule has 0 bridgehead atoms. The van der Waals surface area contributed by atoms with Crippen molar-refractivity contribution < 1.29 is 89.1 Å². The Balaban J connectivity index is 0.00000900. The summed E-state index contributed by atoms with van der Waals surface area (Å²) in [6.07, 6.45) is -11.5. The molecule has 46 heteroatoms. The third-order valence-electron chi connectivity index (χ3n) is 9.06. The maximum Gasteiger partial charge on any atom is 1.00 e. The third-order valence-corrected chi connectivity index (χ3v) is 9.06. The van der Waals surface area contributed by atoms with Gasteiger partial charge in [0, 0.05) is 40.2 Å². The number of rotatable bonds is 16. The summed E-state index contributed by atoms with van der Waals surface area (Å²) in [7, 11) is 0. The van der Waals surface area contributed by atoms with Gasteiger partial charge < -0.3 is 0 Å². The summed E-state index contributed by atoms with van der Waals surface area (Å²) in [6.45, 7) is 0.